The number of carbonyl (C=O) groups excluding carboxylic acids is 1. The van der Waals surface area contributed by atoms with Crippen molar-refractivity contribution in [3.63, 3.8) is 0 Å². The Labute approximate surface area is 120 Å². The number of nitrogens with zero attached hydrogens (tertiary/aromatic N) is 1. The average molecular weight is 286 g/mol. The van der Waals surface area contributed by atoms with Gasteiger partial charge in [-0.15, -0.1) is 0 Å². The number of nitrogens with two attached hydrogens (primary N) is 1. The van der Waals surface area contributed by atoms with E-state index in [0.717, 1.165) is 0 Å². The quantitative estimate of drug-likeness (QED) is 0.762. The molecule has 1 heterocycles. The normalized spacial score (nSPS) is 24.1. The van der Waals surface area contributed by atoms with Crippen LogP contribution in [0.3, 0.4) is 0 Å². The zero-order valence-electron chi connectivity index (χ0n) is 12.9. The molecule has 20 heavy (non-hydrogen) atoms. The fourth-order valence-electron chi connectivity index (χ4n) is 2.10. The molecule has 0 aromatic rings. The average Bonchev–Trinajstić information content (AvgIpc) is 2.59. The Morgan fingerprint density at radius 3 is 2.70 bits per heavy atom. The number of aliphatic hydroxyl groups is 1. The van der Waals surface area contributed by atoms with E-state index >= 15 is 0 Å². The third-order valence-corrected chi connectivity index (χ3v) is 2.97. The highest BCUT2D eigenvalue weighted by molar-refractivity contribution is 5.70. The van der Waals surface area contributed by atoms with E-state index in [1.165, 1.54) is 4.90 Å². The Kier molecular flexibility index (Phi) is 5.18. The predicted octanol–water partition coefficient (Wildman–Crippen LogP) is 1.23. The molecule has 1 aliphatic rings. The van der Waals surface area contributed by atoms with Crippen LogP contribution in [0.1, 0.15) is 34.6 Å². The summed E-state index contributed by atoms with van der Waals surface area (Å²) in [5, 5.41) is 10.2. The van der Waals surface area contributed by atoms with Gasteiger partial charge >= 0.3 is 6.09 Å². The predicted molar refractivity (Wildman–Crippen MR) is 76.1 cm³/mol. The van der Waals surface area contributed by atoms with Crippen molar-refractivity contribution in [1.29, 1.82) is 0 Å². The largest absolute Gasteiger partial charge is 0.444 e. The molecule has 1 rings (SSSR count). The van der Waals surface area contributed by atoms with Crippen molar-refractivity contribution in [3.05, 3.63) is 12.2 Å². The molecular formula is C14H26N2O4. The highest BCUT2D eigenvalue weighted by atomic mass is 16.6. The summed E-state index contributed by atoms with van der Waals surface area (Å²) < 4.78 is 11.0. The Morgan fingerprint density at radius 2 is 2.20 bits per heavy atom. The summed E-state index contributed by atoms with van der Waals surface area (Å²) in [6.07, 6.45) is 1.90. The van der Waals surface area contributed by atoms with Gasteiger partial charge in [-0.05, 0) is 34.6 Å². The van der Waals surface area contributed by atoms with Crippen LogP contribution in [0, 0.1) is 0 Å². The maximum absolute atomic E-state index is 12.3. The molecule has 0 aromatic heterocycles. The Hall–Kier alpha value is -1.11. The maximum atomic E-state index is 12.3. The molecule has 0 unspecified atom stereocenters. The van der Waals surface area contributed by atoms with Gasteiger partial charge in [-0.1, -0.05) is 12.2 Å². The first-order valence-electron chi connectivity index (χ1n) is 6.79. The van der Waals surface area contributed by atoms with Gasteiger partial charge in [0.1, 0.15) is 11.3 Å². The van der Waals surface area contributed by atoms with Gasteiger partial charge in [0.05, 0.1) is 18.8 Å². The maximum Gasteiger partial charge on any atom is 0.413 e. The molecular weight excluding hydrogens is 260 g/mol. The molecule has 0 saturated carbocycles. The van der Waals surface area contributed by atoms with E-state index in [9.17, 15) is 9.90 Å². The van der Waals surface area contributed by atoms with E-state index in [2.05, 4.69) is 0 Å². The summed E-state index contributed by atoms with van der Waals surface area (Å²) in [7, 11) is 0. The van der Waals surface area contributed by atoms with Crippen LogP contribution in [-0.4, -0.2) is 52.7 Å². The standard InChI is InChI=1S/C14H26N2O4/c1-13(2,3)20-12(18)16-10(9-19-14(16,4)5)11(17)7-6-8-15/h6-7,10-11,17H,8-9,15H2,1-5H3/t10-,11+/m0/s1. The first-order chi connectivity index (χ1) is 9.08. The number of hydrogen-bond donors (Lipinski definition) is 2. The summed E-state index contributed by atoms with van der Waals surface area (Å²) in [5.41, 5.74) is 3.96. The van der Waals surface area contributed by atoms with Crippen molar-refractivity contribution in [2.45, 2.75) is 58.1 Å². The van der Waals surface area contributed by atoms with Crippen LogP contribution in [-0.2, 0) is 9.47 Å². The first kappa shape index (κ1) is 16.9. The topological polar surface area (TPSA) is 85.0 Å². The second-order valence-corrected chi connectivity index (χ2v) is 6.33. The molecule has 1 saturated heterocycles. The summed E-state index contributed by atoms with van der Waals surface area (Å²) in [4.78, 5) is 13.8. The third kappa shape index (κ3) is 4.19. The molecule has 0 spiro atoms. The van der Waals surface area contributed by atoms with Crippen LogP contribution in [0.2, 0.25) is 0 Å². The van der Waals surface area contributed by atoms with Crippen LogP contribution >= 0.6 is 0 Å². The molecule has 3 N–H and O–H groups in total. The molecule has 1 amide bonds. The SMILES string of the molecule is CC(C)(C)OC(=O)N1[C@H]([C@H](O)C=CCN)COC1(C)C. The van der Waals surface area contributed by atoms with E-state index in [-0.39, 0.29) is 6.61 Å². The van der Waals surface area contributed by atoms with Gasteiger partial charge in [-0.2, -0.15) is 0 Å². The lowest BCUT2D eigenvalue weighted by atomic mass is 10.1. The number of ether oxygens (including phenoxy) is 2. The number of rotatable bonds is 3. The van der Waals surface area contributed by atoms with Gasteiger partial charge in [-0.3, -0.25) is 4.90 Å². The third-order valence-electron chi connectivity index (χ3n) is 2.97. The van der Waals surface area contributed by atoms with Crippen molar-refractivity contribution < 1.29 is 19.4 Å². The minimum Gasteiger partial charge on any atom is -0.444 e. The van der Waals surface area contributed by atoms with Gasteiger partial charge < -0.3 is 20.3 Å². The minimum absolute atomic E-state index is 0.252. The van der Waals surface area contributed by atoms with Crippen molar-refractivity contribution in [3.8, 4) is 0 Å². The molecule has 6 heteroatoms. The van der Waals surface area contributed by atoms with Crippen molar-refractivity contribution in [2.24, 2.45) is 5.73 Å². The smallest absolute Gasteiger partial charge is 0.413 e. The lowest BCUT2D eigenvalue weighted by Crippen LogP contribution is -2.53. The lowest BCUT2D eigenvalue weighted by molar-refractivity contribution is -0.0660. The molecule has 0 bridgehead atoms. The summed E-state index contributed by atoms with van der Waals surface area (Å²) in [6.45, 7) is 9.53. The molecule has 1 fully saturated rings. The minimum atomic E-state index is -0.840. The van der Waals surface area contributed by atoms with Crippen LogP contribution in [0.4, 0.5) is 4.79 Å². The van der Waals surface area contributed by atoms with Gasteiger partial charge in [0.15, 0.2) is 0 Å². The second kappa shape index (κ2) is 6.11. The van der Waals surface area contributed by atoms with E-state index in [0.29, 0.717) is 6.54 Å². The van der Waals surface area contributed by atoms with Crippen molar-refractivity contribution in [2.75, 3.05) is 13.2 Å². The Balaban J connectivity index is 2.90. The number of aliphatic hydroxyl groups excluding tert-OH is 1. The number of amides is 1. The van der Waals surface area contributed by atoms with Gasteiger partial charge in [0.2, 0.25) is 0 Å². The molecule has 0 aromatic carbocycles. The van der Waals surface area contributed by atoms with Gasteiger partial charge in [0.25, 0.3) is 0 Å². The molecule has 0 aliphatic carbocycles. The zero-order valence-corrected chi connectivity index (χ0v) is 12.9. The fourth-order valence-corrected chi connectivity index (χ4v) is 2.10. The summed E-state index contributed by atoms with van der Waals surface area (Å²) in [6, 6.07) is -0.484. The van der Waals surface area contributed by atoms with E-state index in [1.807, 2.05) is 0 Å². The summed E-state index contributed by atoms with van der Waals surface area (Å²) >= 11 is 0. The molecule has 2 atom stereocenters. The van der Waals surface area contributed by atoms with E-state index in [1.54, 1.807) is 46.8 Å². The van der Waals surface area contributed by atoms with Crippen LogP contribution in [0.15, 0.2) is 12.2 Å². The summed E-state index contributed by atoms with van der Waals surface area (Å²) in [5.74, 6) is 0. The zero-order chi connectivity index (χ0) is 15.6. The molecule has 1 aliphatic heterocycles. The van der Waals surface area contributed by atoms with Crippen LogP contribution in [0.25, 0.3) is 0 Å². The first-order valence-corrected chi connectivity index (χ1v) is 6.79. The molecule has 116 valence electrons. The lowest BCUT2D eigenvalue weighted by Gasteiger charge is -2.36. The molecule has 6 nitrogen and oxygen atoms in total. The van der Waals surface area contributed by atoms with Gasteiger partial charge in [0, 0.05) is 6.54 Å². The van der Waals surface area contributed by atoms with E-state index in [4.69, 9.17) is 15.2 Å². The monoisotopic (exact) mass is 286 g/mol. The van der Waals surface area contributed by atoms with E-state index < -0.39 is 29.6 Å². The number of carbonyl (C=O) groups is 1. The molecule has 0 radical (unpaired) electrons. The van der Waals surface area contributed by atoms with Crippen molar-refractivity contribution in [1.82, 2.24) is 4.90 Å². The highest BCUT2D eigenvalue weighted by Gasteiger charge is 2.47. The Morgan fingerprint density at radius 1 is 1.60 bits per heavy atom. The Bertz CT molecular complexity index is 374. The van der Waals surface area contributed by atoms with Gasteiger partial charge in [-0.25, -0.2) is 4.79 Å². The number of hydrogen-bond acceptors (Lipinski definition) is 5. The van der Waals surface area contributed by atoms with Crippen molar-refractivity contribution >= 4 is 6.09 Å². The second-order valence-electron chi connectivity index (χ2n) is 6.33. The highest BCUT2D eigenvalue weighted by Crippen LogP contribution is 2.31. The fraction of sp³-hybridized carbons (Fsp3) is 0.786. The van der Waals surface area contributed by atoms with Crippen LogP contribution < -0.4 is 5.73 Å². The van der Waals surface area contributed by atoms with Crippen LogP contribution in [0.5, 0.6) is 0 Å².